The molecule has 28 heavy (non-hydrogen) atoms. The molecular formula is C12H7ClF9NO4S. The zero-order chi connectivity index (χ0) is 22.2. The first-order valence-corrected chi connectivity index (χ1v) is 8.36. The van der Waals surface area contributed by atoms with E-state index < -0.39 is 45.8 Å². The second-order valence-corrected chi connectivity index (χ2v) is 7.09. The topological polar surface area (TPSA) is 72.5 Å². The van der Waals surface area contributed by atoms with Crippen LogP contribution in [0.5, 0.6) is 5.75 Å². The van der Waals surface area contributed by atoms with E-state index in [9.17, 15) is 52.7 Å². The summed E-state index contributed by atoms with van der Waals surface area (Å²) in [6, 6.07) is 4.69. The first-order chi connectivity index (χ1) is 12.4. The van der Waals surface area contributed by atoms with E-state index in [1.54, 1.807) is 0 Å². The average molecular weight is 468 g/mol. The van der Waals surface area contributed by atoms with Gasteiger partial charge in [-0.05, 0) is 24.3 Å². The maximum atomic E-state index is 13.4. The summed E-state index contributed by atoms with van der Waals surface area (Å²) >= 11 is 5.51. The van der Waals surface area contributed by atoms with E-state index in [1.165, 1.54) is 12.1 Å². The van der Waals surface area contributed by atoms with E-state index in [0.717, 1.165) is 12.1 Å². The summed E-state index contributed by atoms with van der Waals surface area (Å²) < 4.78 is 142. The summed E-state index contributed by atoms with van der Waals surface area (Å²) in [6.45, 7) is -1.39. The predicted octanol–water partition coefficient (Wildman–Crippen LogP) is 3.59. The van der Waals surface area contributed by atoms with Crippen molar-refractivity contribution in [3.05, 3.63) is 29.3 Å². The summed E-state index contributed by atoms with van der Waals surface area (Å²) in [7, 11) is -7.04. The van der Waals surface area contributed by atoms with Crippen LogP contribution in [0.2, 0.25) is 5.02 Å². The van der Waals surface area contributed by atoms with Crippen LogP contribution in [-0.2, 0) is 14.8 Å². The lowest BCUT2D eigenvalue weighted by atomic mass is 10.1. The fourth-order valence-corrected chi connectivity index (χ4v) is 2.53. The van der Waals surface area contributed by atoms with Gasteiger partial charge in [-0.25, -0.2) is 4.72 Å². The minimum absolute atomic E-state index is 0.169. The zero-order valence-corrected chi connectivity index (χ0v) is 14.4. The third-order valence-electron chi connectivity index (χ3n) is 2.89. The number of carbonyl (C=O) groups is 1. The Balaban J connectivity index is 3.00. The van der Waals surface area contributed by atoms with E-state index in [2.05, 4.69) is 4.74 Å². The molecule has 0 aliphatic carbocycles. The molecule has 16 heteroatoms. The van der Waals surface area contributed by atoms with Gasteiger partial charge in [0.15, 0.2) is 6.61 Å². The molecule has 0 heterocycles. The summed E-state index contributed by atoms with van der Waals surface area (Å²) in [5, 5.41) is -6.82. The number of halogens is 10. The molecule has 5 nitrogen and oxygen atoms in total. The molecule has 0 unspecified atom stereocenters. The van der Waals surface area contributed by atoms with E-state index in [-0.39, 0.29) is 15.5 Å². The molecule has 0 spiro atoms. The average Bonchev–Trinajstić information content (AvgIpc) is 2.52. The minimum atomic E-state index is -7.44. The van der Waals surface area contributed by atoms with Gasteiger partial charge in [0.2, 0.25) is 0 Å². The van der Waals surface area contributed by atoms with Gasteiger partial charge in [0.25, 0.3) is 5.91 Å². The Morgan fingerprint density at radius 2 is 1.39 bits per heavy atom. The highest BCUT2D eigenvalue weighted by atomic mass is 35.5. The molecule has 0 fully saturated rings. The van der Waals surface area contributed by atoms with Crippen molar-refractivity contribution < 1.29 is 57.5 Å². The van der Waals surface area contributed by atoms with Crippen LogP contribution in [0.15, 0.2) is 24.3 Å². The molecule has 0 atom stereocenters. The first-order valence-electron chi connectivity index (χ1n) is 6.50. The van der Waals surface area contributed by atoms with Crippen molar-refractivity contribution in [3.8, 4) is 5.75 Å². The van der Waals surface area contributed by atoms with Gasteiger partial charge in [-0.1, -0.05) is 11.6 Å². The van der Waals surface area contributed by atoms with Crippen LogP contribution >= 0.6 is 11.6 Å². The molecule has 1 N–H and O–H groups in total. The van der Waals surface area contributed by atoms with Crippen molar-refractivity contribution in [2.45, 2.75) is 23.3 Å². The first kappa shape index (κ1) is 24.1. The molecule has 0 radical (unpaired) electrons. The second kappa shape index (κ2) is 7.50. The Hall–Kier alpha value is -1.90. The number of alkyl halides is 9. The third-order valence-corrected chi connectivity index (χ3v) is 4.56. The summed E-state index contributed by atoms with van der Waals surface area (Å²) in [5.74, 6) is -17.1. The van der Waals surface area contributed by atoms with E-state index >= 15 is 0 Å². The van der Waals surface area contributed by atoms with Gasteiger partial charge in [-0.15, -0.1) is 0 Å². The van der Waals surface area contributed by atoms with Gasteiger partial charge in [-0.2, -0.15) is 47.9 Å². The van der Waals surface area contributed by atoms with Gasteiger partial charge >= 0.3 is 33.3 Å². The molecule has 1 aromatic carbocycles. The lowest BCUT2D eigenvalue weighted by molar-refractivity contribution is -0.382. The van der Waals surface area contributed by atoms with Crippen molar-refractivity contribution in [1.29, 1.82) is 0 Å². The van der Waals surface area contributed by atoms with Crippen molar-refractivity contribution in [2.75, 3.05) is 6.61 Å². The highest BCUT2D eigenvalue weighted by Gasteiger charge is 2.85. The van der Waals surface area contributed by atoms with Crippen LogP contribution in [0.3, 0.4) is 0 Å². The zero-order valence-electron chi connectivity index (χ0n) is 12.8. The summed E-state index contributed by atoms with van der Waals surface area (Å²) in [6.07, 6.45) is -7.21. The van der Waals surface area contributed by atoms with Crippen LogP contribution in [-0.4, -0.2) is 44.2 Å². The highest BCUT2D eigenvalue weighted by Crippen LogP contribution is 2.54. The van der Waals surface area contributed by atoms with E-state index in [4.69, 9.17) is 11.6 Å². The second-order valence-electron chi connectivity index (χ2n) is 4.93. The lowest BCUT2D eigenvalue weighted by Crippen LogP contribution is -2.65. The molecule has 0 saturated heterocycles. The minimum Gasteiger partial charge on any atom is -0.484 e. The van der Waals surface area contributed by atoms with Gasteiger partial charge in [0.05, 0.1) is 0 Å². The van der Waals surface area contributed by atoms with E-state index in [1.807, 2.05) is 0 Å². The lowest BCUT2D eigenvalue weighted by Gasteiger charge is -2.32. The number of nitrogens with one attached hydrogen (secondary N) is 1. The fourth-order valence-electron chi connectivity index (χ4n) is 1.45. The van der Waals surface area contributed by atoms with Crippen molar-refractivity contribution in [3.63, 3.8) is 0 Å². The molecule has 0 saturated carbocycles. The smallest absolute Gasteiger partial charge is 0.460 e. The number of amides is 1. The van der Waals surface area contributed by atoms with Crippen LogP contribution in [0.25, 0.3) is 0 Å². The number of hydrogen-bond acceptors (Lipinski definition) is 4. The fraction of sp³-hybridized carbons (Fsp3) is 0.417. The molecule has 160 valence electrons. The number of carbonyl (C=O) groups excluding carboxylic acids is 1. The maximum Gasteiger partial charge on any atom is 0.460 e. The molecular weight excluding hydrogens is 461 g/mol. The molecule has 0 aromatic heterocycles. The monoisotopic (exact) mass is 467 g/mol. The highest BCUT2D eigenvalue weighted by molar-refractivity contribution is 7.91. The van der Waals surface area contributed by atoms with Crippen LogP contribution in [0, 0.1) is 0 Å². The Morgan fingerprint density at radius 1 is 0.929 bits per heavy atom. The third kappa shape index (κ3) is 4.39. The largest absolute Gasteiger partial charge is 0.484 e. The predicted molar refractivity (Wildman–Crippen MR) is 74.9 cm³/mol. The number of ether oxygens (including phenoxy) is 1. The Morgan fingerprint density at radius 3 is 1.82 bits per heavy atom. The Kier molecular flexibility index (Phi) is 6.46. The maximum absolute atomic E-state index is 13.4. The van der Waals surface area contributed by atoms with Crippen molar-refractivity contribution in [1.82, 2.24) is 4.72 Å². The molecule has 0 aliphatic rings. The number of hydrogen-bond donors (Lipinski definition) is 1. The van der Waals surface area contributed by atoms with Gasteiger partial charge in [-0.3, -0.25) is 4.79 Å². The van der Waals surface area contributed by atoms with Gasteiger partial charge in [0.1, 0.15) is 5.75 Å². The number of benzene rings is 1. The molecule has 0 bridgehead atoms. The summed E-state index contributed by atoms with van der Waals surface area (Å²) in [5.41, 5.74) is 0. The van der Waals surface area contributed by atoms with Crippen LogP contribution < -0.4 is 9.46 Å². The van der Waals surface area contributed by atoms with Gasteiger partial charge < -0.3 is 4.74 Å². The Labute approximate surface area is 155 Å². The quantitative estimate of drug-likeness (QED) is 0.622. The summed E-state index contributed by atoms with van der Waals surface area (Å²) in [4.78, 5) is 11.3. The van der Waals surface area contributed by atoms with Crippen molar-refractivity contribution >= 4 is 27.5 Å². The standard InChI is InChI=1S/C12H7ClF9NO4S/c13-6-1-3-7(4-2-6)27-5-8(24)23-28(25,26)12(21,22)10(16,17)9(14,15)11(18,19)20/h1-4H,5H2,(H,23,24). The van der Waals surface area contributed by atoms with Crippen molar-refractivity contribution in [2.24, 2.45) is 0 Å². The SMILES string of the molecule is O=C(COc1ccc(Cl)cc1)NS(=O)(=O)C(F)(F)C(F)(F)C(F)(F)C(F)(F)F. The van der Waals surface area contributed by atoms with Gasteiger partial charge in [0, 0.05) is 5.02 Å². The Bertz CT molecular complexity index is 824. The van der Waals surface area contributed by atoms with E-state index in [0.29, 0.717) is 0 Å². The van der Waals surface area contributed by atoms with Crippen LogP contribution in [0.4, 0.5) is 39.5 Å². The molecule has 1 rings (SSSR count). The normalized spacial score (nSPS) is 13.9. The molecule has 0 aliphatic heterocycles. The van der Waals surface area contributed by atoms with Crippen LogP contribution in [0.1, 0.15) is 0 Å². The number of sulfonamides is 1. The molecule has 1 amide bonds. The molecule has 1 aromatic rings. The number of rotatable bonds is 7.